The maximum atomic E-state index is 11.0. The van der Waals surface area contributed by atoms with Crippen LogP contribution in [0.25, 0.3) is 0 Å². The summed E-state index contributed by atoms with van der Waals surface area (Å²) in [5, 5.41) is 11.0. The standard InChI is InChI=1S/C22H36O/c1-4-5-7-10-20(17-22(23)11-8-6-9-12-22)16-21-14-18(2)13-19(3)15-21/h13-15,20,23H,4-12,16-17H2,1-3H3. The van der Waals surface area contributed by atoms with E-state index in [4.69, 9.17) is 0 Å². The smallest absolute Gasteiger partial charge is 0.0650 e. The zero-order chi connectivity index (χ0) is 16.7. The van der Waals surface area contributed by atoms with Gasteiger partial charge in [0.25, 0.3) is 0 Å². The highest BCUT2D eigenvalue weighted by Gasteiger charge is 2.31. The van der Waals surface area contributed by atoms with Gasteiger partial charge in [0, 0.05) is 0 Å². The molecule has 23 heavy (non-hydrogen) atoms. The molecule has 1 aromatic carbocycles. The van der Waals surface area contributed by atoms with Crippen molar-refractivity contribution >= 4 is 0 Å². The van der Waals surface area contributed by atoms with E-state index >= 15 is 0 Å². The molecule has 1 aliphatic rings. The average molecular weight is 317 g/mol. The largest absolute Gasteiger partial charge is 0.390 e. The Morgan fingerprint density at radius 3 is 2.26 bits per heavy atom. The van der Waals surface area contributed by atoms with Crippen LogP contribution in [0.2, 0.25) is 0 Å². The third kappa shape index (κ3) is 6.30. The molecule has 1 N–H and O–H groups in total. The molecular weight excluding hydrogens is 280 g/mol. The van der Waals surface area contributed by atoms with Crippen LogP contribution in [0.3, 0.4) is 0 Å². The number of hydrogen-bond acceptors (Lipinski definition) is 1. The Balaban J connectivity index is 2.03. The molecule has 0 bridgehead atoms. The Kier molecular flexibility index (Phi) is 7.14. The second kappa shape index (κ2) is 8.87. The molecule has 130 valence electrons. The molecule has 1 unspecified atom stereocenters. The topological polar surface area (TPSA) is 20.2 Å². The minimum Gasteiger partial charge on any atom is -0.390 e. The van der Waals surface area contributed by atoms with Crippen LogP contribution in [0, 0.1) is 19.8 Å². The summed E-state index contributed by atoms with van der Waals surface area (Å²) in [4.78, 5) is 0. The molecule has 0 amide bonds. The molecule has 1 heteroatoms. The summed E-state index contributed by atoms with van der Waals surface area (Å²) in [5.41, 5.74) is 3.81. The molecule has 1 atom stereocenters. The number of aryl methyl sites for hydroxylation is 2. The molecular formula is C22H36O. The lowest BCUT2D eigenvalue weighted by Crippen LogP contribution is -2.34. The Labute approximate surface area is 143 Å². The van der Waals surface area contributed by atoms with E-state index in [0.29, 0.717) is 5.92 Å². The number of benzene rings is 1. The zero-order valence-electron chi connectivity index (χ0n) is 15.5. The maximum absolute atomic E-state index is 11.0. The van der Waals surface area contributed by atoms with Crippen molar-refractivity contribution in [3.8, 4) is 0 Å². The highest BCUT2D eigenvalue weighted by atomic mass is 16.3. The van der Waals surface area contributed by atoms with E-state index in [9.17, 15) is 5.11 Å². The van der Waals surface area contributed by atoms with Gasteiger partial charge in [-0.3, -0.25) is 0 Å². The van der Waals surface area contributed by atoms with Gasteiger partial charge in [0.15, 0.2) is 0 Å². The van der Waals surface area contributed by atoms with Crippen molar-refractivity contribution in [2.75, 3.05) is 0 Å². The van der Waals surface area contributed by atoms with Crippen molar-refractivity contribution in [1.29, 1.82) is 0 Å². The first kappa shape index (κ1) is 18.5. The molecule has 0 saturated heterocycles. The fourth-order valence-corrected chi connectivity index (χ4v) is 4.43. The number of unbranched alkanes of at least 4 members (excludes halogenated alkanes) is 2. The Hall–Kier alpha value is -0.820. The third-order valence-electron chi connectivity index (χ3n) is 5.47. The summed E-state index contributed by atoms with van der Waals surface area (Å²) >= 11 is 0. The normalized spacial score (nSPS) is 18.8. The molecule has 0 heterocycles. The van der Waals surface area contributed by atoms with Crippen LogP contribution < -0.4 is 0 Å². The Morgan fingerprint density at radius 2 is 1.65 bits per heavy atom. The predicted octanol–water partition coefficient (Wildman–Crippen LogP) is 6.13. The first-order chi connectivity index (χ1) is 11.0. The zero-order valence-corrected chi connectivity index (χ0v) is 15.5. The fourth-order valence-electron chi connectivity index (χ4n) is 4.43. The van der Waals surface area contributed by atoms with E-state index in [0.717, 1.165) is 25.7 Å². The van der Waals surface area contributed by atoms with Gasteiger partial charge in [-0.05, 0) is 51.0 Å². The van der Waals surface area contributed by atoms with Crippen molar-refractivity contribution in [1.82, 2.24) is 0 Å². The highest BCUT2D eigenvalue weighted by Crippen LogP contribution is 2.36. The second-order valence-electron chi connectivity index (χ2n) is 8.05. The van der Waals surface area contributed by atoms with Crippen molar-refractivity contribution in [3.05, 3.63) is 34.9 Å². The van der Waals surface area contributed by atoms with Crippen LogP contribution in [0.5, 0.6) is 0 Å². The van der Waals surface area contributed by atoms with Gasteiger partial charge in [-0.1, -0.05) is 81.2 Å². The molecule has 1 aliphatic carbocycles. The van der Waals surface area contributed by atoms with Crippen LogP contribution in [0.1, 0.15) is 87.8 Å². The molecule has 1 fully saturated rings. The first-order valence-electron chi connectivity index (χ1n) is 9.80. The average Bonchev–Trinajstić information content (AvgIpc) is 2.46. The van der Waals surface area contributed by atoms with Gasteiger partial charge in [0.05, 0.1) is 5.60 Å². The van der Waals surface area contributed by atoms with E-state index in [1.807, 2.05) is 0 Å². The number of hydrogen-bond donors (Lipinski definition) is 1. The lowest BCUT2D eigenvalue weighted by atomic mass is 9.76. The van der Waals surface area contributed by atoms with Gasteiger partial charge in [-0.2, -0.15) is 0 Å². The van der Waals surface area contributed by atoms with Crippen molar-refractivity contribution in [2.24, 2.45) is 5.92 Å². The maximum Gasteiger partial charge on any atom is 0.0650 e. The summed E-state index contributed by atoms with van der Waals surface area (Å²) in [6.45, 7) is 6.65. The van der Waals surface area contributed by atoms with Crippen LogP contribution in [0.15, 0.2) is 18.2 Å². The van der Waals surface area contributed by atoms with Crippen LogP contribution >= 0.6 is 0 Å². The minimum atomic E-state index is -0.381. The number of rotatable bonds is 8. The van der Waals surface area contributed by atoms with Crippen LogP contribution in [-0.4, -0.2) is 10.7 Å². The van der Waals surface area contributed by atoms with Crippen molar-refractivity contribution in [2.45, 2.75) is 97.0 Å². The SMILES string of the molecule is CCCCCC(Cc1cc(C)cc(C)c1)CC1(O)CCCCC1. The highest BCUT2D eigenvalue weighted by molar-refractivity contribution is 5.28. The second-order valence-corrected chi connectivity index (χ2v) is 8.05. The molecule has 0 spiro atoms. The quantitative estimate of drug-likeness (QED) is 0.572. The summed E-state index contributed by atoms with van der Waals surface area (Å²) in [6.07, 6.45) is 13.1. The summed E-state index contributed by atoms with van der Waals surface area (Å²) in [5.74, 6) is 0.630. The molecule has 0 radical (unpaired) electrons. The Morgan fingerprint density at radius 1 is 1.00 bits per heavy atom. The van der Waals surface area contributed by atoms with Crippen molar-refractivity contribution < 1.29 is 5.11 Å². The summed E-state index contributed by atoms with van der Waals surface area (Å²) in [6, 6.07) is 6.93. The molecule has 1 nitrogen and oxygen atoms in total. The van der Waals surface area contributed by atoms with Gasteiger partial charge in [-0.25, -0.2) is 0 Å². The lowest BCUT2D eigenvalue weighted by Gasteiger charge is -2.35. The molecule has 0 aliphatic heterocycles. The van der Waals surface area contributed by atoms with E-state index in [-0.39, 0.29) is 5.60 Å². The van der Waals surface area contributed by atoms with E-state index in [1.165, 1.54) is 61.6 Å². The molecule has 0 aromatic heterocycles. The van der Waals surface area contributed by atoms with Gasteiger partial charge in [0.1, 0.15) is 0 Å². The fraction of sp³-hybridized carbons (Fsp3) is 0.727. The van der Waals surface area contributed by atoms with Gasteiger partial charge in [0.2, 0.25) is 0 Å². The van der Waals surface area contributed by atoms with Gasteiger partial charge >= 0.3 is 0 Å². The Bertz CT molecular complexity index is 451. The number of aliphatic hydroxyl groups is 1. The van der Waals surface area contributed by atoms with E-state index in [1.54, 1.807) is 0 Å². The predicted molar refractivity (Wildman–Crippen MR) is 99.9 cm³/mol. The van der Waals surface area contributed by atoms with Crippen LogP contribution in [-0.2, 0) is 6.42 Å². The molecule has 2 rings (SSSR count). The lowest BCUT2D eigenvalue weighted by molar-refractivity contribution is -0.0188. The molecule has 1 aromatic rings. The van der Waals surface area contributed by atoms with Gasteiger partial charge in [-0.15, -0.1) is 0 Å². The van der Waals surface area contributed by atoms with Gasteiger partial charge < -0.3 is 5.11 Å². The van der Waals surface area contributed by atoms with E-state index < -0.39 is 0 Å². The summed E-state index contributed by atoms with van der Waals surface area (Å²) in [7, 11) is 0. The van der Waals surface area contributed by atoms with Crippen LogP contribution in [0.4, 0.5) is 0 Å². The minimum absolute atomic E-state index is 0.381. The first-order valence-corrected chi connectivity index (χ1v) is 9.80. The molecule has 1 saturated carbocycles. The monoisotopic (exact) mass is 316 g/mol. The van der Waals surface area contributed by atoms with Crippen molar-refractivity contribution in [3.63, 3.8) is 0 Å². The summed E-state index contributed by atoms with van der Waals surface area (Å²) < 4.78 is 0. The van der Waals surface area contributed by atoms with E-state index in [2.05, 4.69) is 39.0 Å². The third-order valence-corrected chi connectivity index (χ3v) is 5.47.